The SMILES string of the molecule is Cc1c(C(=O)C(N)=O)c2c(OCC(=O)OC(C)N3CCOCC3)cccc2n1Cc1ccccc1. The van der Waals surface area contributed by atoms with Crippen molar-refractivity contribution in [3.8, 4) is 5.75 Å². The van der Waals surface area contributed by atoms with Gasteiger partial charge in [0.05, 0.1) is 29.7 Å². The summed E-state index contributed by atoms with van der Waals surface area (Å²) in [4.78, 5) is 39.2. The van der Waals surface area contributed by atoms with Crippen molar-refractivity contribution in [1.82, 2.24) is 9.47 Å². The molecule has 9 nitrogen and oxygen atoms in total. The van der Waals surface area contributed by atoms with E-state index in [0.29, 0.717) is 55.2 Å². The van der Waals surface area contributed by atoms with Gasteiger partial charge in [-0.25, -0.2) is 4.79 Å². The lowest BCUT2D eigenvalue weighted by Gasteiger charge is -2.31. The summed E-state index contributed by atoms with van der Waals surface area (Å²) >= 11 is 0. The minimum Gasteiger partial charge on any atom is -0.481 e. The molecule has 0 spiro atoms. The number of ketones is 1. The smallest absolute Gasteiger partial charge is 0.345 e. The van der Waals surface area contributed by atoms with Crippen molar-refractivity contribution in [2.45, 2.75) is 26.6 Å². The van der Waals surface area contributed by atoms with Crippen LogP contribution in [0.4, 0.5) is 0 Å². The second-order valence-corrected chi connectivity index (χ2v) is 8.40. The first-order chi connectivity index (χ1) is 16.9. The largest absolute Gasteiger partial charge is 0.481 e. The Hall–Kier alpha value is -3.69. The summed E-state index contributed by atoms with van der Waals surface area (Å²) in [5.74, 6) is -2.10. The maximum Gasteiger partial charge on any atom is 0.345 e. The van der Waals surface area contributed by atoms with Crippen LogP contribution >= 0.6 is 0 Å². The molecule has 1 atom stereocenters. The first kappa shape index (κ1) is 24.4. The van der Waals surface area contributed by atoms with Crippen LogP contribution in [0.5, 0.6) is 5.75 Å². The number of rotatable bonds is 9. The third-order valence-electron chi connectivity index (χ3n) is 6.15. The van der Waals surface area contributed by atoms with Crippen LogP contribution in [-0.2, 0) is 25.6 Å². The highest BCUT2D eigenvalue weighted by atomic mass is 16.6. The lowest BCUT2D eigenvalue weighted by molar-refractivity contribution is -0.163. The van der Waals surface area contributed by atoms with Crippen LogP contribution in [0.1, 0.15) is 28.5 Å². The lowest BCUT2D eigenvalue weighted by atomic mass is 10.1. The van der Waals surface area contributed by atoms with Gasteiger partial charge in [-0.15, -0.1) is 0 Å². The van der Waals surface area contributed by atoms with Gasteiger partial charge in [0.15, 0.2) is 12.8 Å². The van der Waals surface area contributed by atoms with E-state index in [4.69, 9.17) is 19.9 Å². The number of Topliss-reactive ketones (excluding diaryl/α,β-unsaturated/α-hetero) is 1. The number of nitrogens with zero attached hydrogens (tertiary/aromatic N) is 2. The van der Waals surface area contributed by atoms with Crippen LogP contribution in [0.25, 0.3) is 10.9 Å². The van der Waals surface area contributed by atoms with Gasteiger partial charge in [-0.2, -0.15) is 0 Å². The normalized spacial score (nSPS) is 15.0. The van der Waals surface area contributed by atoms with Crippen LogP contribution in [0.3, 0.4) is 0 Å². The van der Waals surface area contributed by atoms with Gasteiger partial charge >= 0.3 is 5.97 Å². The number of ether oxygens (including phenoxy) is 3. The molecule has 1 saturated heterocycles. The topological polar surface area (TPSA) is 113 Å². The highest BCUT2D eigenvalue weighted by Crippen LogP contribution is 2.34. The number of hydrogen-bond donors (Lipinski definition) is 1. The fourth-order valence-electron chi connectivity index (χ4n) is 4.36. The maximum absolute atomic E-state index is 12.8. The molecule has 35 heavy (non-hydrogen) atoms. The number of carbonyl (C=O) groups excluding carboxylic acids is 3. The monoisotopic (exact) mass is 479 g/mol. The Labute approximate surface area is 203 Å². The van der Waals surface area contributed by atoms with Gasteiger partial charge in [0.1, 0.15) is 5.75 Å². The fraction of sp³-hybridized carbons (Fsp3) is 0.346. The Bertz CT molecular complexity index is 1230. The minimum absolute atomic E-state index is 0.175. The maximum atomic E-state index is 12.8. The summed E-state index contributed by atoms with van der Waals surface area (Å²) in [5, 5.41) is 0.443. The second-order valence-electron chi connectivity index (χ2n) is 8.40. The van der Waals surface area contributed by atoms with Crippen molar-refractivity contribution in [3.05, 3.63) is 65.4 Å². The molecule has 0 aliphatic carbocycles. The second kappa shape index (κ2) is 10.7. The van der Waals surface area contributed by atoms with Gasteiger partial charge < -0.3 is 24.5 Å². The molecule has 2 heterocycles. The third-order valence-corrected chi connectivity index (χ3v) is 6.15. The van der Waals surface area contributed by atoms with E-state index in [1.807, 2.05) is 45.9 Å². The predicted molar refractivity (Wildman–Crippen MR) is 129 cm³/mol. The molecule has 0 radical (unpaired) electrons. The minimum atomic E-state index is -1.06. The third kappa shape index (κ3) is 5.36. The number of amides is 1. The Morgan fingerprint density at radius 3 is 2.46 bits per heavy atom. The number of nitrogens with two attached hydrogens (primary N) is 1. The standard InChI is InChI=1S/C26H29N3O6/c1-17-23(25(31)26(27)32)24-20(29(17)15-19-7-4-3-5-8-19)9-6-10-21(24)34-16-22(30)35-18(2)28-11-13-33-14-12-28/h3-10,18H,11-16H2,1-2H3,(H2,27,32). The Balaban J connectivity index is 1.61. The molecule has 1 unspecified atom stereocenters. The quantitative estimate of drug-likeness (QED) is 0.285. The van der Waals surface area contributed by atoms with E-state index in [1.165, 1.54) is 0 Å². The summed E-state index contributed by atoms with van der Waals surface area (Å²) in [6.45, 7) is 6.26. The lowest BCUT2D eigenvalue weighted by Crippen LogP contribution is -2.44. The Kier molecular flexibility index (Phi) is 7.48. The first-order valence-electron chi connectivity index (χ1n) is 11.5. The van der Waals surface area contributed by atoms with Gasteiger partial charge in [-0.05, 0) is 31.5 Å². The summed E-state index contributed by atoms with van der Waals surface area (Å²) in [5.41, 5.74) is 7.85. The highest BCUT2D eigenvalue weighted by molar-refractivity contribution is 6.45. The average molecular weight is 480 g/mol. The molecule has 1 aliphatic heterocycles. The number of primary amides is 1. The molecule has 184 valence electrons. The predicted octanol–water partition coefficient (Wildman–Crippen LogP) is 2.27. The van der Waals surface area contributed by atoms with Crippen molar-refractivity contribution in [2.24, 2.45) is 5.73 Å². The summed E-state index contributed by atoms with van der Waals surface area (Å²) in [7, 11) is 0. The van der Waals surface area contributed by atoms with Gasteiger partial charge in [-0.3, -0.25) is 14.5 Å². The molecule has 1 aliphatic rings. The van der Waals surface area contributed by atoms with E-state index in [9.17, 15) is 14.4 Å². The molecule has 9 heteroatoms. The molecular formula is C26H29N3O6. The van der Waals surface area contributed by atoms with Crippen molar-refractivity contribution in [2.75, 3.05) is 32.9 Å². The number of aromatic nitrogens is 1. The number of carbonyl (C=O) groups is 3. The molecule has 0 bridgehead atoms. The van der Waals surface area contributed by atoms with Crippen LogP contribution in [0.2, 0.25) is 0 Å². The zero-order valence-electron chi connectivity index (χ0n) is 19.9. The van der Waals surface area contributed by atoms with Gasteiger partial charge in [-0.1, -0.05) is 36.4 Å². The molecule has 1 amide bonds. The Morgan fingerprint density at radius 1 is 1.06 bits per heavy atom. The zero-order chi connectivity index (χ0) is 24.9. The van der Waals surface area contributed by atoms with E-state index >= 15 is 0 Å². The summed E-state index contributed by atoms with van der Waals surface area (Å²) in [6.07, 6.45) is -0.410. The molecular weight excluding hydrogens is 450 g/mol. The molecule has 1 fully saturated rings. The number of benzene rings is 2. The molecule has 3 aromatic rings. The van der Waals surface area contributed by atoms with E-state index in [-0.39, 0.29) is 12.2 Å². The van der Waals surface area contributed by atoms with Crippen molar-refractivity contribution in [3.63, 3.8) is 0 Å². The highest BCUT2D eigenvalue weighted by Gasteiger charge is 2.27. The van der Waals surface area contributed by atoms with E-state index in [0.717, 1.165) is 5.56 Å². The van der Waals surface area contributed by atoms with Crippen molar-refractivity contribution >= 4 is 28.6 Å². The van der Waals surface area contributed by atoms with Crippen LogP contribution in [-0.4, -0.2) is 66.3 Å². The van der Waals surface area contributed by atoms with Crippen molar-refractivity contribution < 1.29 is 28.6 Å². The average Bonchev–Trinajstić information content (AvgIpc) is 3.15. The number of morpholine rings is 1. The fourth-order valence-corrected chi connectivity index (χ4v) is 4.36. The molecule has 0 saturated carbocycles. The Morgan fingerprint density at radius 2 is 1.77 bits per heavy atom. The number of fused-ring (bicyclic) bond motifs is 1. The van der Waals surface area contributed by atoms with Gasteiger partial charge in [0, 0.05) is 25.3 Å². The van der Waals surface area contributed by atoms with E-state index in [1.54, 1.807) is 26.0 Å². The number of hydrogen-bond acceptors (Lipinski definition) is 7. The molecule has 1 aromatic heterocycles. The van der Waals surface area contributed by atoms with Crippen LogP contribution in [0.15, 0.2) is 48.5 Å². The van der Waals surface area contributed by atoms with Gasteiger partial charge in [0.2, 0.25) is 0 Å². The summed E-state index contributed by atoms with van der Waals surface area (Å²) in [6, 6.07) is 15.0. The number of esters is 1. The molecule has 2 aromatic carbocycles. The van der Waals surface area contributed by atoms with E-state index in [2.05, 4.69) is 0 Å². The summed E-state index contributed by atoms with van der Waals surface area (Å²) < 4.78 is 18.6. The van der Waals surface area contributed by atoms with Crippen molar-refractivity contribution in [1.29, 1.82) is 0 Å². The van der Waals surface area contributed by atoms with Gasteiger partial charge in [0.25, 0.3) is 11.7 Å². The molecule has 2 N–H and O–H groups in total. The molecule has 4 rings (SSSR count). The van der Waals surface area contributed by atoms with E-state index < -0.39 is 23.9 Å². The zero-order valence-corrected chi connectivity index (χ0v) is 19.9. The first-order valence-corrected chi connectivity index (χ1v) is 11.5. The van der Waals surface area contributed by atoms with Crippen LogP contribution in [0, 0.1) is 6.92 Å². The van der Waals surface area contributed by atoms with Crippen LogP contribution < -0.4 is 10.5 Å².